The van der Waals surface area contributed by atoms with E-state index in [-0.39, 0.29) is 5.91 Å². The molecule has 1 fully saturated rings. The van der Waals surface area contributed by atoms with Gasteiger partial charge in [-0.15, -0.1) is 0 Å². The molecule has 1 amide bonds. The molecule has 1 aromatic carbocycles. The zero-order valence-electron chi connectivity index (χ0n) is 15.6. The summed E-state index contributed by atoms with van der Waals surface area (Å²) in [6, 6.07) is 8.61. The average molecular weight is 353 g/mol. The fraction of sp³-hybridized carbons (Fsp3) is 0.450. The molecule has 0 bridgehead atoms. The number of benzene rings is 1. The average Bonchev–Trinajstić information content (AvgIpc) is 2.68. The number of aromatic nitrogens is 2. The topological polar surface area (TPSA) is 61.4 Å². The number of piperazine rings is 1. The van der Waals surface area contributed by atoms with E-state index in [9.17, 15) is 4.79 Å². The summed E-state index contributed by atoms with van der Waals surface area (Å²) in [5.74, 6) is 0.681. The largest absolute Gasteiger partial charge is 0.368 e. The fourth-order valence-corrected chi connectivity index (χ4v) is 3.09. The van der Waals surface area contributed by atoms with Crippen LogP contribution in [0.4, 0.5) is 11.5 Å². The van der Waals surface area contributed by atoms with Crippen molar-refractivity contribution in [2.24, 2.45) is 0 Å². The van der Waals surface area contributed by atoms with Gasteiger partial charge in [0.25, 0.3) is 5.91 Å². The van der Waals surface area contributed by atoms with E-state index in [4.69, 9.17) is 0 Å². The molecule has 26 heavy (non-hydrogen) atoms. The van der Waals surface area contributed by atoms with Gasteiger partial charge in [0.05, 0.1) is 12.4 Å². The van der Waals surface area contributed by atoms with Crippen molar-refractivity contribution in [2.45, 2.75) is 26.7 Å². The zero-order chi connectivity index (χ0) is 18.4. The summed E-state index contributed by atoms with van der Waals surface area (Å²) in [4.78, 5) is 25.4. The second-order valence-corrected chi connectivity index (χ2v) is 6.68. The van der Waals surface area contributed by atoms with Crippen molar-refractivity contribution >= 4 is 17.4 Å². The molecule has 0 spiro atoms. The maximum atomic E-state index is 12.0. The Kier molecular flexibility index (Phi) is 6.04. The number of aryl methyl sites for hydroxylation is 1. The Balaban J connectivity index is 1.55. The molecule has 0 saturated carbocycles. The van der Waals surface area contributed by atoms with Crippen molar-refractivity contribution in [1.82, 2.24) is 15.3 Å². The van der Waals surface area contributed by atoms with Gasteiger partial charge in [0, 0.05) is 38.4 Å². The molecule has 0 atom stereocenters. The highest BCUT2D eigenvalue weighted by Crippen LogP contribution is 2.19. The first kappa shape index (κ1) is 18.2. The maximum Gasteiger partial charge on any atom is 0.271 e. The van der Waals surface area contributed by atoms with Gasteiger partial charge in [-0.25, -0.2) is 9.97 Å². The summed E-state index contributed by atoms with van der Waals surface area (Å²) >= 11 is 0. The smallest absolute Gasteiger partial charge is 0.271 e. The summed E-state index contributed by atoms with van der Waals surface area (Å²) in [7, 11) is 0. The minimum absolute atomic E-state index is 0.151. The third-order valence-electron chi connectivity index (χ3n) is 4.66. The lowest BCUT2D eigenvalue weighted by molar-refractivity contribution is 0.0948. The highest BCUT2D eigenvalue weighted by atomic mass is 16.1. The Bertz CT molecular complexity index is 723. The van der Waals surface area contributed by atoms with Crippen LogP contribution < -0.4 is 15.1 Å². The monoisotopic (exact) mass is 353 g/mol. The molecule has 1 aliphatic rings. The van der Waals surface area contributed by atoms with Crippen LogP contribution in [0.15, 0.2) is 36.7 Å². The molecule has 138 valence electrons. The molecule has 1 aliphatic heterocycles. The molecule has 1 saturated heterocycles. The molecular weight excluding hydrogens is 326 g/mol. The molecule has 1 N–H and O–H groups in total. The molecule has 6 heteroatoms. The standard InChI is InChI=1S/C20H27N5O/c1-3-4-8-21-20(26)18-14-23-19(15-22-18)25-11-9-24(10-12-25)17-7-5-6-16(2)13-17/h5-7,13-15H,3-4,8-12H2,1-2H3,(H,21,26). The van der Waals surface area contributed by atoms with Gasteiger partial charge in [0.1, 0.15) is 11.5 Å². The lowest BCUT2D eigenvalue weighted by Gasteiger charge is -2.36. The van der Waals surface area contributed by atoms with E-state index in [1.165, 1.54) is 11.3 Å². The van der Waals surface area contributed by atoms with E-state index in [0.717, 1.165) is 44.8 Å². The summed E-state index contributed by atoms with van der Waals surface area (Å²) < 4.78 is 0. The lowest BCUT2D eigenvalue weighted by Crippen LogP contribution is -2.46. The number of unbranched alkanes of at least 4 members (excludes halogenated alkanes) is 1. The number of nitrogens with one attached hydrogen (secondary N) is 1. The van der Waals surface area contributed by atoms with Crippen molar-refractivity contribution in [2.75, 3.05) is 42.5 Å². The van der Waals surface area contributed by atoms with E-state index in [1.807, 2.05) is 0 Å². The van der Waals surface area contributed by atoms with Crippen LogP contribution in [0, 0.1) is 6.92 Å². The zero-order valence-corrected chi connectivity index (χ0v) is 15.6. The number of nitrogens with zero attached hydrogens (tertiary/aromatic N) is 4. The SMILES string of the molecule is CCCCNC(=O)c1cnc(N2CCN(c3cccc(C)c3)CC2)cn1. The molecular formula is C20H27N5O. The van der Waals surface area contributed by atoms with Crippen LogP contribution in [0.3, 0.4) is 0 Å². The number of amides is 1. The Labute approximate surface area is 155 Å². The second kappa shape index (κ2) is 8.65. The van der Waals surface area contributed by atoms with Gasteiger partial charge < -0.3 is 15.1 Å². The highest BCUT2D eigenvalue weighted by molar-refractivity contribution is 5.91. The van der Waals surface area contributed by atoms with Crippen LogP contribution in [-0.2, 0) is 0 Å². The third-order valence-corrected chi connectivity index (χ3v) is 4.66. The van der Waals surface area contributed by atoms with Gasteiger partial charge >= 0.3 is 0 Å². The predicted octanol–water partition coefficient (Wildman–Crippen LogP) is 2.64. The number of carbonyl (C=O) groups excluding carboxylic acids is 1. The highest BCUT2D eigenvalue weighted by Gasteiger charge is 2.19. The van der Waals surface area contributed by atoms with Crippen LogP contribution in [0.25, 0.3) is 0 Å². The van der Waals surface area contributed by atoms with Crippen LogP contribution in [0.1, 0.15) is 35.8 Å². The molecule has 0 radical (unpaired) electrons. The van der Waals surface area contributed by atoms with Crippen LogP contribution in [-0.4, -0.2) is 48.6 Å². The number of rotatable bonds is 6. The minimum atomic E-state index is -0.151. The molecule has 0 aliphatic carbocycles. The van der Waals surface area contributed by atoms with Gasteiger partial charge in [-0.2, -0.15) is 0 Å². The maximum absolute atomic E-state index is 12.0. The van der Waals surface area contributed by atoms with E-state index < -0.39 is 0 Å². The van der Waals surface area contributed by atoms with E-state index >= 15 is 0 Å². The molecule has 2 aromatic rings. The Morgan fingerprint density at radius 2 is 1.88 bits per heavy atom. The third kappa shape index (κ3) is 4.50. The minimum Gasteiger partial charge on any atom is -0.368 e. The Morgan fingerprint density at radius 3 is 2.54 bits per heavy atom. The quantitative estimate of drug-likeness (QED) is 0.809. The van der Waals surface area contributed by atoms with Gasteiger partial charge in [-0.1, -0.05) is 25.5 Å². The van der Waals surface area contributed by atoms with Crippen molar-refractivity contribution in [3.63, 3.8) is 0 Å². The van der Waals surface area contributed by atoms with Crippen LogP contribution >= 0.6 is 0 Å². The summed E-state index contributed by atoms with van der Waals surface area (Å²) in [5.41, 5.74) is 2.93. The van der Waals surface area contributed by atoms with Gasteiger partial charge in [0.15, 0.2) is 0 Å². The number of hydrogen-bond donors (Lipinski definition) is 1. The summed E-state index contributed by atoms with van der Waals surface area (Å²) in [6.45, 7) is 8.58. The van der Waals surface area contributed by atoms with E-state index in [1.54, 1.807) is 12.4 Å². The molecule has 1 aromatic heterocycles. The Morgan fingerprint density at radius 1 is 1.12 bits per heavy atom. The lowest BCUT2D eigenvalue weighted by atomic mass is 10.2. The molecule has 3 rings (SSSR count). The van der Waals surface area contributed by atoms with Crippen molar-refractivity contribution in [3.8, 4) is 0 Å². The van der Waals surface area contributed by atoms with Gasteiger partial charge in [0.2, 0.25) is 0 Å². The van der Waals surface area contributed by atoms with Crippen molar-refractivity contribution in [3.05, 3.63) is 47.9 Å². The molecule has 0 unspecified atom stereocenters. The van der Waals surface area contributed by atoms with Gasteiger partial charge in [-0.05, 0) is 31.0 Å². The van der Waals surface area contributed by atoms with E-state index in [0.29, 0.717) is 12.2 Å². The first-order chi connectivity index (χ1) is 12.7. The second-order valence-electron chi connectivity index (χ2n) is 6.68. The number of anilines is 2. The molecule has 6 nitrogen and oxygen atoms in total. The van der Waals surface area contributed by atoms with Crippen molar-refractivity contribution < 1.29 is 4.79 Å². The summed E-state index contributed by atoms with van der Waals surface area (Å²) in [5, 5.41) is 2.87. The number of carbonyl (C=O) groups is 1. The normalized spacial score (nSPS) is 14.4. The summed E-state index contributed by atoms with van der Waals surface area (Å²) in [6.07, 6.45) is 5.31. The van der Waals surface area contributed by atoms with Crippen molar-refractivity contribution in [1.29, 1.82) is 0 Å². The Hall–Kier alpha value is -2.63. The van der Waals surface area contributed by atoms with Gasteiger partial charge in [-0.3, -0.25) is 4.79 Å². The molecule has 2 heterocycles. The van der Waals surface area contributed by atoms with Crippen LogP contribution in [0.2, 0.25) is 0 Å². The first-order valence-corrected chi connectivity index (χ1v) is 9.34. The van der Waals surface area contributed by atoms with E-state index in [2.05, 4.69) is 63.2 Å². The first-order valence-electron chi connectivity index (χ1n) is 9.34. The number of hydrogen-bond acceptors (Lipinski definition) is 5. The predicted molar refractivity (Wildman–Crippen MR) is 105 cm³/mol. The fourth-order valence-electron chi connectivity index (χ4n) is 3.09. The van der Waals surface area contributed by atoms with Crippen LogP contribution in [0.5, 0.6) is 0 Å².